The number of nitrogens with zero attached hydrogens (tertiary/aromatic N) is 3. The van der Waals surface area contributed by atoms with Crippen LogP contribution in [0.5, 0.6) is 0 Å². The highest BCUT2D eigenvalue weighted by Gasteiger charge is 2.21. The molecule has 1 saturated carbocycles. The molecule has 0 bridgehead atoms. The van der Waals surface area contributed by atoms with Gasteiger partial charge in [0.15, 0.2) is 5.65 Å². The highest BCUT2D eigenvalue weighted by atomic mass is 79.9. The van der Waals surface area contributed by atoms with Crippen molar-refractivity contribution in [2.24, 2.45) is 5.73 Å². The third kappa shape index (κ3) is 2.51. The van der Waals surface area contributed by atoms with E-state index in [1.54, 1.807) is 10.7 Å². The summed E-state index contributed by atoms with van der Waals surface area (Å²) in [5.74, 6) is 1.30. The summed E-state index contributed by atoms with van der Waals surface area (Å²) in [4.78, 5) is 4.59. The minimum absolute atomic E-state index is 0.334. The molecule has 5 N–H and O–H groups in total. The number of hydrogen-bond acceptors (Lipinski definition) is 5. The molecule has 0 amide bonds. The molecular weight excluding hydrogens is 388 g/mol. The van der Waals surface area contributed by atoms with Crippen LogP contribution in [0.1, 0.15) is 25.7 Å². The zero-order valence-electron chi connectivity index (χ0n) is 10.8. The summed E-state index contributed by atoms with van der Waals surface area (Å²) < 4.78 is 3.18. The summed E-state index contributed by atoms with van der Waals surface area (Å²) in [7, 11) is 0. The number of aromatic nitrogens is 3. The third-order valence-corrected chi connectivity index (χ3v) is 5.03. The summed E-state index contributed by atoms with van der Waals surface area (Å²) in [6.45, 7) is 0. The zero-order chi connectivity index (χ0) is 14.3. The van der Waals surface area contributed by atoms with Gasteiger partial charge in [-0.05, 0) is 57.5 Å². The van der Waals surface area contributed by atoms with E-state index >= 15 is 0 Å². The number of rotatable bonds is 2. The Hall–Kier alpha value is -0.860. The lowest BCUT2D eigenvalue weighted by molar-refractivity contribution is 0.410. The van der Waals surface area contributed by atoms with Crippen molar-refractivity contribution < 1.29 is 0 Å². The summed E-state index contributed by atoms with van der Waals surface area (Å²) >= 11 is 6.93. The van der Waals surface area contributed by atoms with Crippen LogP contribution in [0.4, 0.5) is 11.6 Å². The molecule has 0 atom stereocenters. The lowest BCUT2D eigenvalue weighted by atomic mass is 9.92. The molecule has 0 spiro atoms. The summed E-state index contributed by atoms with van der Waals surface area (Å²) in [5.41, 5.74) is 12.7. The van der Waals surface area contributed by atoms with Gasteiger partial charge in [-0.2, -0.15) is 9.61 Å². The molecule has 1 aliphatic carbocycles. The molecule has 1 fully saturated rings. The van der Waals surface area contributed by atoms with Crippen LogP contribution in [0.15, 0.2) is 15.1 Å². The van der Waals surface area contributed by atoms with Crippen LogP contribution in [-0.2, 0) is 0 Å². The normalized spacial score (nSPS) is 23.1. The quantitative estimate of drug-likeness (QED) is 0.716. The molecule has 108 valence electrons. The van der Waals surface area contributed by atoms with Gasteiger partial charge in [-0.3, -0.25) is 0 Å². The molecule has 0 aliphatic heterocycles. The van der Waals surface area contributed by atoms with Crippen molar-refractivity contribution in [3.8, 4) is 0 Å². The van der Waals surface area contributed by atoms with E-state index in [0.717, 1.165) is 40.4 Å². The first kappa shape index (κ1) is 14.1. The lowest BCUT2D eigenvalue weighted by Gasteiger charge is -2.27. The van der Waals surface area contributed by atoms with E-state index in [4.69, 9.17) is 11.5 Å². The van der Waals surface area contributed by atoms with E-state index in [1.165, 1.54) is 0 Å². The van der Waals surface area contributed by atoms with Gasteiger partial charge in [-0.1, -0.05) is 0 Å². The van der Waals surface area contributed by atoms with E-state index in [9.17, 15) is 0 Å². The largest absolute Gasteiger partial charge is 0.383 e. The van der Waals surface area contributed by atoms with Gasteiger partial charge in [0, 0.05) is 12.1 Å². The topological polar surface area (TPSA) is 94.3 Å². The first-order valence-corrected chi connectivity index (χ1v) is 8.15. The van der Waals surface area contributed by atoms with E-state index in [2.05, 4.69) is 47.3 Å². The van der Waals surface area contributed by atoms with Gasteiger partial charge in [0.2, 0.25) is 0 Å². The molecule has 1 aliphatic rings. The Kier molecular flexibility index (Phi) is 3.87. The molecule has 20 heavy (non-hydrogen) atoms. The summed E-state index contributed by atoms with van der Waals surface area (Å²) in [5, 5.41) is 7.65. The van der Waals surface area contributed by atoms with E-state index in [-0.39, 0.29) is 0 Å². The van der Waals surface area contributed by atoms with Crippen molar-refractivity contribution in [1.29, 1.82) is 0 Å². The second-order valence-electron chi connectivity index (χ2n) is 5.14. The van der Waals surface area contributed by atoms with Crippen molar-refractivity contribution in [2.75, 3.05) is 11.1 Å². The standard InChI is InChI=1S/C12H16Br2N6/c13-8-5-17-20-10(16)9(14)11(19-12(8)20)18-7-3-1-6(15)2-4-7/h5-7H,1-4,15-16H2,(H,18,19)/t6-,7-. The maximum atomic E-state index is 6.09. The first-order valence-electron chi connectivity index (χ1n) is 6.56. The Morgan fingerprint density at radius 1 is 1.25 bits per heavy atom. The van der Waals surface area contributed by atoms with Gasteiger partial charge in [0.1, 0.15) is 16.1 Å². The van der Waals surface area contributed by atoms with Crippen LogP contribution >= 0.6 is 31.9 Å². The van der Waals surface area contributed by atoms with Crippen LogP contribution in [0.2, 0.25) is 0 Å². The van der Waals surface area contributed by atoms with Crippen molar-refractivity contribution >= 4 is 49.1 Å². The van der Waals surface area contributed by atoms with Gasteiger partial charge in [-0.25, -0.2) is 4.98 Å². The summed E-state index contributed by atoms with van der Waals surface area (Å²) in [6.07, 6.45) is 5.89. The Bertz CT molecular complexity index is 632. The van der Waals surface area contributed by atoms with Crippen molar-refractivity contribution in [3.05, 3.63) is 15.1 Å². The van der Waals surface area contributed by atoms with Crippen molar-refractivity contribution in [1.82, 2.24) is 14.6 Å². The maximum absolute atomic E-state index is 6.09. The third-order valence-electron chi connectivity index (χ3n) is 3.69. The fourth-order valence-corrected chi connectivity index (χ4v) is 3.24. The lowest BCUT2D eigenvalue weighted by Crippen LogP contribution is -2.33. The van der Waals surface area contributed by atoms with E-state index in [1.807, 2.05) is 0 Å². The Morgan fingerprint density at radius 3 is 2.65 bits per heavy atom. The molecule has 0 unspecified atom stereocenters. The Labute approximate surface area is 133 Å². The van der Waals surface area contributed by atoms with Gasteiger partial charge in [0.25, 0.3) is 0 Å². The monoisotopic (exact) mass is 402 g/mol. The van der Waals surface area contributed by atoms with Crippen LogP contribution in [0.3, 0.4) is 0 Å². The number of nitrogens with two attached hydrogens (primary N) is 2. The SMILES string of the molecule is Nc1c(Br)c(N[C@H]2CC[C@H](N)CC2)nc2c(Br)cnn12. The summed E-state index contributed by atoms with van der Waals surface area (Å²) in [6, 6.07) is 0.725. The van der Waals surface area contributed by atoms with E-state index < -0.39 is 0 Å². The van der Waals surface area contributed by atoms with Crippen LogP contribution < -0.4 is 16.8 Å². The Morgan fingerprint density at radius 2 is 1.95 bits per heavy atom. The zero-order valence-corrected chi connectivity index (χ0v) is 14.0. The number of anilines is 2. The second kappa shape index (κ2) is 5.50. The molecule has 0 radical (unpaired) electrons. The number of nitrogens with one attached hydrogen (secondary N) is 1. The minimum atomic E-state index is 0.334. The molecule has 3 rings (SSSR count). The number of hydrogen-bond donors (Lipinski definition) is 3. The first-order chi connectivity index (χ1) is 9.56. The average Bonchev–Trinajstić information content (AvgIpc) is 2.80. The number of fused-ring (bicyclic) bond motifs is 1. The molecule has 0 aromatic carbocycles. The highest BCUT2D eigenvalue weighted by molar-refractivity contribution is 9.11. The van der Waals surface area contributed by atoms with Crippen LogP contribution in [0.25, 0.3) is 5.65 Å². The molecule has 0 saturated heterocycles. The maximum Gasteiger partial charge on any atom is 0.173 e. The van der Waals surface area contributed by atoms with Crippen molar-refractivity contribution in [2.45, 2.75) is 37.8 Å². The smallest absolute Gasteiger partial charge is 0.173 e. The fraction of sp³-hybridized carbons (Fsp3) is 0.500. The number of halogens is 2. The molecule has 2 aromatic heterocycles. The predicted molar refractivity (Wildman–Crippen MR) is 86.7 cm³/mol. The minimum Gasteiger partial charge on any atom is -0.383 e. The van der Waals surface area contributed by atoms with Crippen molar-refractivity contribution in [3.63, 3.8) is 0 Å². The Balaban J connectivity index is 1.91. The van der Waals surface area contributed by atoms with Gasteiger partial charge in [0.05, 0.1) is 10.7 Å². The molecular formula is C12H16Br2N6. The molecule has 2 heterocycles. The number of nitrogen functional groups attached to an aromatic ring is 1. The molecule has 8 heteroatoms. The van der Waals surface area contributed by atoms with Gasteiger partial charge in [-0.15, -0.1) is 0 Å². The molecule has 2 aromatic rings. The van der Waals surface area contributed by atoms with Gasteiger partial charge < -0.3 is 16.8 Å². The van der Waals surface area contributed by atoms with Crippen LogP contribution in [0, 0.1) is 0 Å². The van der Waals surface area contributed by atoms with Crippen LogP contribution in [-0.4, -0.2) is 26.7 Å². The average molecular weight is 404 g/mol. The molecule has 6 nitrogen and oxygen atoms in total. The highest BCUT2D eigenvalue weighted by Crippen LogP contribution is 2.32. The van der Waals surface area contributed by atoms with E-state index in [0.29, 0.717) is 23.5 Å². The second-order valence-corrected chi connectivity index (χ2v) is 6.79. The predicted octanol–water partition coefficient (Wildman–Crippen LogP) is 2.52. The fourth-order valence-electron chi connectivity index (χ4n) is 2.52. The van der Waals surface area contributed by atoms with Gasteiger partial charge >= 0.3 is 0 Å².